The molecule has 2 rings (SSSR count). The van der Waals surface area contributed by atoms with Crippen LogP contribution in [0.5, 0.6) is 5.75 Å². The first-order chi connectivity index (χ1) is 9.63. The molecule has 112 valence electrons. The molecule has 1 aliphatic rings. The lowest BCUT2D eigenvalue weighted by Gasteiger charge is -2.32. The molecule has 1 aromatic rings. The van der Waals surface area contributed by atoms with Gasteiger partial charge in [-0.3, -0.25) is 4.90 Å². The lowest BCUT2D eigenvalue weighted by Crippen LogP contribution is -2.34. The highest BCUT2D eigenvalue weighted by molar-refractivity contribution is 5.38. The second-order valence-corrected chi connectivity index (χ2v) is 5.90. The van der Waals surface area contributed by atoms with Crippen LogP contribution in [-0.4, -0.2) is 30.2 Å². The normalized spacial score (nSPS) is 21.7. The van der Waals surface area contributed by atoms with Crippen molar-refractivity contribution in [1.82, 2.24) is 4.90 Å². The van der Waals surface area contributed by atoms with E-state index in [2.05, 4.69) is 17.9 Å². The van der Waals surface area contributed by atoms with Gasteiger partial charge >= 0.3 is 0 Å². The quantitative estimate of drug-likeness (QED) is 0.895. The summed E-state index contributed by atoms with van der Waals surface area (Å²) in [5.41, 5.74) is 2.15. The van der Waals surface area contributed by atoms with Crippen LogP contribution in [0.1, 0.15) is 50.3 Å². The maximum Gasteiger partial charge on any atom is 0.123 e. The van der Waals surface area contributed by atoms with Crippen LogP contribution in [0.2, 0.25) is 0 Å². The van der Waals surface area contributed by atoms with Crippen molar-refractivity contribution in [2.45, 2.75) is 45.8 Å². The molecule has 0 radical (unpaired) electrons. The molecule has 1 heterocycles. The molecule has 3 heteroatoms. The highest BCUT2D eigenvalue weighted by Crippen LogP contribution is 2.27. The Kier molecular flexibility index (Phi) is 5.44. The van der Waals surface area contributed by atoms with Crippen LogP contribution in [0, 0.1) is 5.92 Å². The van der Waals surface area contributed by atoms with E-state index >= 15 is 0 Å². The second-order valence-electron chi connectivity index (χ2n) is 5.90. The van der Waals surface area contributed by atoms with Crippen LogP contribution >= 0.6 is 0 Å². The Labute approximate surface area is 122 Å². The predicted molar refractivity (Wildman–Crippen MR) is 81.9 cm³/mol. The monoisotopic (exact) mass is 277 g/mol. The first kappa shape index (κ1) is 15.3. The summed E-state index contributed by atoms with van der Waals surface area (Å²) in [5, 5.41) is 9.74. The van der Waals surface area contributed by atoms with Crippen LogP contribution < -0.4 is 4.74 Å². The molecular formula is C17H27NO2. The molecule has 1 aromatic carbocycles. The fourth-order valence-corrected chi connectivity index (χ4v) is 3.05. The molecule has 1 fully saturated rings. The molecule has 0 aliphatic carbocycles. The number of rotatable bonds is 5. The number of hydrogen-bond acceptors (Lipinski definition) is 3. The van der Waals surface area contributed by atoms with E-state index in [-0.39, 0.29) is 0 Å². The van der Waals surface area contributed by atoms with E-state index in [0.717, 1.165) is 23.8 Å². The van der Waals surface area contributed by atoms with Gasteiger partial charge in [0.2, 0.25) is 0 Å². The Bertz CT molecular complexity index is 431. The maximum absolute atomic E-state index is 9.74. The Balaban J connectivity index is 2.12. The minimum Gasteiger partial charge on any atom is -0.496 e. The van der Waals surface area contributed by atoms with Crippen LogP contribution in [0.15, 0.2) is 18.2 Å². The molecule has 0 spiro atoms. The number of methoxy groups -OCH3 is 1. The Hall–Kier alpha value is -1.06. The first-order valence-electron chi connectivity index (χ1n) is 7.71. The smallest absolute Gasteiger partial charge is 0.123 e. The lowest BCUT2D eigenvalue weighted by atomic mass is 9.95. The molecule has 2 unspecified atom stereocenters. The minimum atomic E-state index is -0.426. The van der Waals surface area contributed by atoms with Crippen molar-refractivity contribution in [3.05, 3.63) is 29.3 Å². The van der Waals surface area contributed by atoms with E-state index in [4.69, 9.17) is 4.74 Å². The van der Waals surface area contributed by atoms with Crippen LogP contribution in [0.3, 0.4) is 0 Å². The van der Waals surface area contributed by atoms with Crippen LogP contribution in [0.25, 0.3) is 0 Å². The summed E-state index contributed by atoms with van der Waals surface area (Å²) in [5.74, 6) is 1.75. The second kappa shape index (κ2) is 7.09. The molecular weight excluding hydrogens is 250 g/mol. The van der Waals surface area contributed by atoms with E-state index in [1.165, 1.54) is 37.9 Å². The standard InChI is InChI=1S/C17H27NO2/c1-4-14-6-5-9-18(11-14)12-16-10-15(13(2)19)7-8-17(16)20-3/h7-8,10,13-14,19H,4-6,9,11-12H2,1-3H3. The maximum atomic E-state index is 9.74. The Morgan fingerprint density at radius 2 is 2.25 bits per heavy atom. The summed E-state index contributed by atoms with van der Waals surface area (Å²) >= 11 is 0. The third-order valence-electron chi connectivity index (χ3n) is 4.36. The summed E-state index contributed by atoms with van der Waals surface area (Å²) < 4.78 is 5.47. The number of aliphatic hydroxyl groups excluding tert-OH is 1. The van der Waals surface area contributed by atoms with Crippen LogP contribution in [0.4, 0.5) is 0 Å². The van der Waals surface area contributed by atoms with E-state index in [1.807, 2.05) is 12.1 Å². The number of benzene rings is 1. The summed E-state index contributed by atoms with van der Waals surface area (Å²) in [7, 11) is 1.71. The van der Waals surface area contributed by atoms with Gasteiger partial charge in [-0.15, -0.1) is 0 Å². The molecule has 20 heavy (non-hydrogen) atoms. The molecule has 0 saturated carbocycles. The summed E-state index contributed by atoms with van der Waals surface area (Å²) in [4.78, 5) is 2.52. The fraction of sp³-hybridized carbons (Fsp3) is 0.647. The molecule has 1 N–H and O–H groups in total. The third kappa shape index (κ3) is 3.74. The van der Waals surface area contributed by atoms with E-state index in [1.54, 1.807) is 14.0 Å². The lowest BCUT2D eigenvalue weighted by molar-refractivity contribution is 0.162. The first-order valence-corrected chi connectivity index (χ1v) is 7.71. The van der Waals surface area contributed by atoms with Gasteiger partial charge in [0.1, 0.15) is 5.75 Å². The van der Waals surface area contributed by atoms with Gasteiger partial charge < -0.3 is 9.84 Å². The van der Waals surface area contributed by atoms with Gasteiger partial charge in [0.05, 0.1) is 13.2 Å². The fourth-order valence-electron chi connectivity index (χ4n) is 3.05. The zero-order valence-corrected chi connectivity index (χ0v) is 12.9. The number of ether oxygens (including phenoxy) is 1. The number of nitrogens with zero attached hydrogens (tertiary/aromatic N) is 1. The van der Waals surface area contributed by atoms with Gasteiger partial charge in [-0.1, -0.05) is 19.4 Å². The SMILES string of the molecule is CCC1CCCN(Cc2cc(C(C)O)ccc2OC)C1. The number of likely N-dealkylation sites (tertiary alicyclic amines) is 1. The predicted octanol–water partition coefficient (Wildman–Crippen LogP) is 3.37. The van der Waals surface area contributed by atoms with Crippen molar-refractivity contribution in [3.63, 3.8) is 0 Å². The summed E-state index contributed by atoms with van der Waals surface area (Å²) in [6.45, 7) is 7.35. The number of aliphatic hydroxyl groups is 1. The van der Waals surface area contributed by atoms with Gasteiger partial charge in [0, 0.05) is 18.7 Å². The highest BCUT2D eigenvalue weighted by Gasteiger charge is 2.20. The summed E-state index contributed by atoms with van der Waals surface area (Å²) in [6.07, 6.45) is 3.49. The van der Waals surface area contributed by atoms with E-state index < -0.39 is 6.10 Å². The van der Waals surface area contributed by atoms with Crippen molar-refractivity contribution in [2.75, 3.05) is 20.2 Å². The van der Waals surface area contributed by atoms with Gasteiger partial charge in [-0.2, -0.15) is 0 Å². The van der Waals surface area contributed by atoms with Crippen molar-refractivity contribution in [2.24, 2.45) is 5.92 Å². The Morgan fingerprint density at radius 1 is 1.45 bits per heavy atom. The van der Waals surface area contributed by atoms with Crippen molar-refractivity contribution in [3.8, 4) is 5.75 Å². The van der Waals surface area contributed by atoms with Crippen LogP contribution in [-0.2, 0) is 6.54 Å². The van der Waals surface area contributed by atoms with E-state index in [9.17, 15) is 5.11 Å². The van der Waals surface area contributed by atoms with Crippen molar-refractivity contribution in [1.29, 1.82) is 0 Å². The van der Waals surface area contributed by atoms with Crippen molar-refractivity contribution >= 4 is 0 Å². The van der Waals surface area contributed by atoms with E-state index in [0.29, 0.717) is 0 Å². The molecule has 0 bridgehead atoms. The van der Waals surface area contributed by atoms with Gasteiger partial charge in [0.25, 0.3) is 0 Å². The molecule has 0 aromatic heterocycles. The van der Waals surface area contributed by atoms with Gasteiger partial charge in [-0.05, 0) is 49.9 Å². The zero-order valence-electron chi connectivity index (χ0n) is 12.9. The average Bonchev–Trinajstić information content (AvgIpc) is 2.47. The molecule has 1 saturated heterocycles. The zero-order chi connectivity index (χ0) is 14.5. The topological polar surface area (TPSA) is 32.7 Å². The Morgan fingerprint density at radius 3 is 2.90 bits per heavy atom. The van der Waals surface area contributed by atoms with Gasteiger partial charge in [0.15, 0.2) is 0 Å². The average molecular weight is 277 g/mol. The summed E-state index contributed by atoms with van der Waals surface area (Å²) in [6, 6.07) is 6.00. The largest absolute Gasteiger partial charge is 0.496 e. The molecule has 0 amide bonds. The molecule has 2 atom stereocenters. The number of piperidine rings is 1. The third-order valence-corrected chi connectivity index (χ3v) is 4.36. The highest BCUT2D eigenvalue weighted by atomic mass is 16.5. The molecule has 3 nitrogen and oxygen atoms in total. The minimum absolute atomic E-state index is 0.426. The van der Waals surface area contributed by atoms with Crippen molar-refractivity contribution < 1.29 is 9.84 Å². The molecule has 1 aliphatic heterocycles. The van der Waals surface area contributed by atoms with Gasteiger partial charge in [-0.25, -0.2) is 0 Å². The number of hydrogen-bond donors (Lipinski definition) is 1.